The van der Waals surface area contributed by atoms with Gasteiger partial charge < -0.3 is 20.6 Å². The largest absolute Gasteiger partial charge is 0.399 e. The second-order valence-electron chi connectivity index (χ2n) is 4.69. The van der Waals surface area contributed by atoms with E-state index in [4.69, 9.17) is 10.8 Å². The highest BCUT2D eigenvalue weighted by molar-refractivity contribution is 6.00. The minimum Gasteiger partial charge on any atom is -0.399 e. The number of anilines is 2. The smallest absolute Gasteiger partial charge is 0.256 e. The van der Waals surface area contributed by atoms with Gasteiger partial charge in [0.2, 0.25) is 0 Å². The van der Waals surface area contributed by atoms with Crippen LogP contribution in [0, 0.1) is 0 Å². The summed E-state index contributed by atoms with van der Waals surface area (Å²) < 4.78 is 0. The second kappa shape index (κ2) is 6.99. The molecular weight excluding hydrogens is 242 g/mol. The molecule has 5 nitrogen and oxygen atoms in total. The molecule has 1 rings (SSSR count). The Morgan fingerprint density at radius 3 is 2.53 bits per heavy atom. The molecule has 0 saturated carbocycles. The Kier molecular flexibility index (Phi) is 5.63. The number of nitrogens with two attached hydrogens (primary N) is 1. The number of rotatable bonds is 6. The van der Waals surface area contributed by atoms with Crippen molar-refractivity contribution in [1.82, 2.24) is 4.90 Å². The first kappa shape index (κ1) is 15.3. The van der Waals surface area contributed by atoms with Crippen molar-refractivity contribution in [2.75, 3.05) is 44.4 Å². The molecule has 0 aliphatic rings. The summed E-state index contributed by atoms with van der Waals surface area (Å²) in [6, 6.07) is 5.31. The lowest BCUT2D eigenvalue weighted by molar-refractivity contribution is 0.0722. The molecule has 0 unspecified atom stereocenters. The molecule has 0 radical (unpaired) electrons. The fourth-order valence-corrected chi connectivity index (χ4v) is 1.99. The number of carbonyl (C=O) groups is 1. The van der Waals surface area contributed by atoms with E-state index in [1.54, 1.807) is 17.0 Å². The van der Waals surface area contributed by atoms with E-state index < -0.39 is 0 Å². The summed E-state index contributed by atoms with van der Waals surface area (Å²) >= 11 is 0. The summed E-state index contributed by atoms with van der Waals surface area (Å²) in [5.41, 5.74) is 7.75. The molecule has 0 saturated heterocycles. The van der Waals surface area contributed by atoms with E-state index >= 15 is 0 Å². The van der Waals surface area contributed by atoms with Crippen LogP contribution in [0.3, 0.4) is 0 Å². The van der Waals surface area contributed by atoms with Crippen molar-refractivity contribution in [2.45, 2.75) is 13.3 Å². The lowest BCUT2D eigenvalue weighted by Crippen LogP contribution is -2.35. The van der Waals surface area contributed by atoms with Crippen LogP contribution in [0.15, 0.2) is 18.2 Å². The highest BCUT2D eigenvalue weighted by atomic mass is 16.3. The molecule has 3 N–H and O–H groups in total. The summed E-state index contributed by atoms with van der Waals surface area (Å²) in [6.45, 7) is 2.94. The molecule has 1 aromatic rings. The summed E-state index contributed by atoms with van der Waals surface area (Å²) in [4.78, 5) is 16.1. The Morgan fingerprint density at radius 1 is 1.32 bits per heavy atom. The minimum absolute atomic E-state index is 0.0364. The fraction of sp³-hybridized carbons (Fsp3) is 0.500. The predicted octanol–water partition coefficient (Wildman–Crippen LogP) is 1.18. The van der Waals surface area contributed by atoms with Crippen molar-refractivity contribution < 1.29 is 9.90 Å². The molecule has 0 fully saturated rings. The van der Waals surface area contributed by atoms with Gasteiger partial charge in [0.25, 0.3) is 5.91 Å². The van der Waals surface area contributed by atoms with Gasteiger partial charge in [0.15, 0.2) is 0 Å². The Morgan fingerprint density at radius 2 is 2.00 bits per heavy atom. The third-order valence-electron chi connectivity index (χ3n) is 2.88. The molecule has 19 heavy (non-hydrogen) atoms. The number of aliphatic hydroxyl groups is 1. The Hall–Kier alpha value is -1.75. The van der Waals surface area contributed by atoms with E-state index in [-0.39, 0.29) is 12.5 Å². The van der Waals surface area contributed by atoms with Gasteiger partial charge in [0.1, 0.15) is 0 Å². The number of benzene rings is 1. The van der Waals surface area contributed by atoms with Gasteiger partial charge in [0, 0.05) is 38.6 Å². The summed E-state index contributed by atoms with van der Waals surface area (Å²) in [5, 5.41) is 9.06. The first-order valence-electron chi connectivity index (χ1n) is 6.48. The third kappa shape index (κ3) is 3.86. The highest BCUT2D eigenvalue weighted by Crippen LogP contribution is 2.23. The number of nitrogen functional groups attached to an aromatic ring is 1. The maximum absolute atomic E-state index is 12.5. The van der Waals surface area contributed by atoms with Gasteiger partial charge in [-0.05, 0) is 24.6 Å². The van der Waals surface area contributed by atoms with Gasteiger partial charge in [-0.2, -0.15) is 0 Å². The van der Waals surface area contributed by atoms with Crippen LogP contribution in [-0.4, -0.2) is 49.7 Å². The van der Waals surface area contributed by atoms with Crippen molar-refractivity contribution in [3.63, 3.8) is 0 Å². The van der Waals surface area contributed by atoms with Crippen molar-refractivity contribution in [1.29, 1.82) is 0 Å². The molecule has 0 aliphatic heterocycles. The van der Waals surface area contributed by atoms with E-state index in [0.717, 1.165) is 12.1 Å². The Bertz CT molecular complexity index is 427. The molecule has 0 heterocycles. The van der Waals surface area contributed by atoms with Gasteiger partial charge in [-0.3, -0.25) is 4.79 Å². The van der Waals surface area contributed by atoms with Crippen molar-refractivity contribution in [3.8, 4) is 0 Å². The van der Waals surface area contributed by atoms with Gasteiger partial charge in [-0.1, -0.05) is 6.92 Å². The molecule has 0 bridgehead atoms. The molecule has 0 aromatic heterocycles. The van der Waals surface area contributed by atoms with Gasteiger partial charge in [-0.25, -0.2) is 0 Å². The Labute approximate surface area is 114 Å². The molecule has 0 atom stereocenters. The maximum Gasteiger partial charge on any atom is 0.256 e. The van der Waals surface area contributed by atoms with Crippen LogP contribution in [0.25, 0.3) is 0 Å². The lowest BCUT2D eigenvalue weighted by atomic mass is 10.1. The number of nitrogens with zero attached hydrogens (tertiary/aromatic N) is 2. The van der Waals surface area contributed by atoms with E-state index in [9.17, 15) is 4.79 Å². The van der Waals surface area contributed by atoms with Gasteiger partial charge in [0.05, 0.1) is 12.2 Å². The number of hydrogen-bond donors (Lipinski definition) is 2. The standard InChI is InChI=1S/C14H23N3O2/c1-4-7-17(8-9-18)14(19)12-10-11(15)5-6-13(12)16(2)3/h5-6,10,18H,4,7-9,15H2,1-3H3. The topological polar surface area (TPSA) is 69.8 Å². The molecule has 0 aliphatic carbocycles. The predicted molar refractivity (Wildman–Crippen MR) is 78.5 cm³/mol. The van der Waals surface area contributed by atoms with E-state index in [2.05, 4.69) is 0 Å². The van der Waals surface area contributed by atoms with Crippen LogP contribution < -0.4 is 10.6 Å². The summed E-state index contributed by atoms with van der Waals surface area (Å²) in [5.74, 6) is -0.0908. The summed E-state index contributed by atoms with van der Waals surface area (Å²) in [7, 11) is 3.77. The molecule has 5 heteroatoms. The number of aliphatic hydroxyl groups excluding tert-OH is 1. The molecule has 1 amide bonds. The number of carbonyl (C=O) groups excluding carboxylic acids is 1. The Balaban J connectivity index is 3.11. The van der Waals surface area contributed by atoms with Gasteiger partial charge >= 0.3 is 0 Å². The van der Waals surface area contributed by atoms with Crippen molar-refractivity contribution in [3.05, 3.63) is 23.8 Å². The average molecular weight is 265 g/mol. The zero-order valence-electron chi connectivity index (χ0n) is 11.9. The number of hydrogen-bond acceptors (Lipinski definition) is 4. The monoisotopic (exact) mass is 265 g/mol. The SMILES string of the molecule is CCCN(CCO)C(=O)c1cc(N)ccc1N(C)C. The van der Waals surface area contributed by atoms with Crippen molar-refractivity contribution in [2.24, 2.45) is 0 Å². The van der Waals surface area contributed by atoms with Crippen molar-refractivity contribution >= 4 is 17.3 Å². The maximum atomic E-state index is 12.5. The number of amides is 1. The summed E-state index contributed by atoms with van der Waals surface area (Å²) in [6.07, 6.45) is 0.853. The zero-order chi connectivity index (χ0) is 14.4. The van der Waals surface area contributed by atoms with Crippen LogP contribution in [0.2, 0.25) is 0 Å². The first-order valence-corrected chi connectivity index (χ1v) is 6.48. The van der Waals surface area contributed by atoms with E-state index in [1.165, 1.54) is 0 Å². The molecule has 106 valence electrons. The quantitative estimate of drug-likeness (QED) is 0.758. The second-order valence-corrected chi connectivity index (χ2v) is 4.69. The first-order chi connectivity index (χ1) is 9.01. The fourth-order valence-electron chi connectivity index (χ4n) is 1.99. The van der Waals surface area contributed by atoms with Gasteiger partial charge in [-0.15, -0.1) is 0 Å². The third-order valence-corrected chi connectivity index (χ3v) is 2.88. The average Bonchev–Trinajstić information content (AvgIpc) is 2.37. The van der Waals surface area contributed by atoms with Crippen LogP contribution in [0.4, 0.5) is 11.4 Å². The van der Waals surface area contributed by atoms with Crippen LogP contribution in [0.5, 0.6) is 0 Å². The van der Waals surface area contributed by atoms with Crippen LogP contribution in [-0.2, 0) is 0 Å². The lowest BCUT2D eigenvalue weighted by Gasteiger charge is -2.24. The van der Waals surface area contributed by atoms with Crippen LogP contribution in [0.1, 0.15) is 23.7 Å². The normalized spacial score (nSPS) is 10.3. The zero-order valence-corrected chi connectivity index (χ0v) is 11.9. The molecule has 1 aromatic carbocycles. The molecule has 0 spiro atoms. The molecular formula is C14H23N3O2. The minimum atomic E-state index is -0.0908. The van der Waals surface area contributed by atoms with Crippen LogP contribution >= 0.6 is 0 Å². The van der Waals surface area contributed by atoms with E-state index in [1.807, 2.05) is 32.0 Å². The van der Waals surface area contributed by atoms with E-state index in [0.29, 0.717) is 24.3 Å². The highest BCUT2D eigenvalue weighted by Gasteiger charge is 2.19.